The lowest BCUT2D eigenvalue weighted by molar-refractivity contribution is 0.222. The molecule has 128 valence electrons. The Bertz CT molecular complexity index is 901. The molecule has 0 amide bonds. The topological polar surface area (TPSA) is 9.23 Å². The lowest BCUT2D eigenvalue weighted by Crippen LogP contribution is -2.13. The molecule has 3 aromatic rings. The summed E-state index contributed by atoms with van der Waals surface area (Å²) in [6, 6.07) is 31.4. The van der Waals surface area contributed by atoms with Gasteiger partial charge in [0, 0.05) is 15.4 Å². The lowest BCUT2D eigenvalue weighted by atomic mass is 9.93. The molecule has 26 heavy (non-hydrogen) atoms. The second kappa shape index (κ2) is 7.67. The molecule has 0 saturated carbocycles. The highest BCUT2D eigenvalue weighted by Gasteiger charge is 2.37. The molecule has 2 atom stereocenters. The number of benzene rings is 3. The summed E-state index contributed by atoms with van der Waals surface area (Å²) in [5.74, 6) is 1.10. The summed E-state index contributed by atoms with van der Waals surface area (Å²) in [6.45, 7) is 4.03. The van der Waals surface area contributed by atoms with E-state index in [1.54, 1.807) is 11.8 Å². The molecule has 4 rings (SSSR count). The van der Waals surface area contributed by atoms with Gasteiger partial charge in [-0.25, -0.2) is 0 Å². The van der Waals surface area contributed by atoms with Crippen molar-refractivity contribution in [1.29, 1.82) is 0 Å². The number of rotatable bonds is 5. The van der Waals surface area contributed by atoms with Gasteiger partial charge >= 0.3 is 0 Å². The smallest absolute Gasteiger partial charge is 0.138 e. The van der Waals surface area contributed by atoms with Crippen LogP contribution in [0.4, 0.5) is 0 Å². The van der Waals surface area contributed by atoms with Gasteiger partial charge in [-0.05, 0) is 17.7 Å². The average Bonchev–Trinajstić information content (AvgIpc) is 3.08. The van der Waals surface area contributed by atoms with Crippen molar-refractivity contribution >= 4 is 17.5 Å². The minimum absolute atomic E-state index is 0.0705. The van der Waals surface area contributed by atoms with E-state index in [-0.39, 0.29) is 12.0 Å². The van der Waals surface area contributed by atoms with E-state index in [1.165, 1.54) is 15.4 Å². The van der Waals surface area contributed by atoms with Gasteiger partial charge in [0.25, 0.3) is 0 Å². The zero-order valence-electron chi connectivity index (χ0n) is 14.4. The molecule has 1 aliphatic heterocycles. The lowest BCUT2D eigenvalue weighted by Gasteiger charge is -2.18. The van der Waals surface area contributed by atoms with Crippen molar-refractivity contribution in [3.8, 4) is 0 Å². The van der Waals surface area contributed by atoms with Crippen molar-refractivity contribution in [2.24, 2.45) is 0 Å². The van der Waals surface area contributed by atoms with Crippen LogP contribution in [0.1, 0.15) is 17.0 Å². The van der Waals surface area contributed by atoms with Crippen molar-refractivity contribution in [3.63, 3.8) is 0 Å². The Morgan fingerprint density at radius 2 is 1.35 bits per heavy atom. The molecule has 3 aromatic carbocycles. The van der Waals surface area contributed by atoms with Crippen LogP contribution in [-0.4, -0.2) is 6.10 Å². The van der Waals surface area contributed by atoms with E-state index in [4.69, 9.17) is 4.74 Å². The van der Waals surface area contributed by atoms with Gasteiger partial charge in [0.05, 0.1) is 5.92 Å². The van der Waals surface area contributed by atoms with Crippen LogP contribution in [0, 0.1) is 0 Å². The molecular formula is C24H20OS. The number of thioether (sulfide) groups is 1. The van der Waals surface area contributed by atoms with Crippen molar-refractivity contribution in [3.05, 3.63) is 120 Å². The second-order valence-corrected chi connectivity index (χ2v) is 7.30. The maximum atomic E-state index is 6.39. The Morgan fingerprint density at radius 1 is 0.769 bits per heavy atom. The largest absolute Gasteiger partial charge is 0.484 e. The molecule has 1 nitrogen and oxygen atoms in total. The predicted octanol–water partition coefficient (Wildman–Crippen LogP) is 6.52. The van der Waals surface area contributed by atoms with E-state index in [2.05, 4.69) is 79.4 Å². The number of hydrogen-bond donors (Lipinski definition) is 0. The number of ether oxygens (including phenoxy) is 1. The fourth-order valence-electron chi connectivity index (χ4n) is 3.26. The SMILES string of the molecule is C=C[C@@H]1OC(c2ccccc2)=C(Sc2ccccc2)[C@H]1c1ccccc1. The van der Waals surface area contributed by atoms with E-state index >= 15 is 0 Å². The van der Waals surface area contributed by atoms with Gasteiger partial charge in [-0.3, -0.25) is 0 Å². The normalized spacial score (nSPS) is 19.2. The summed E-state index contributed by atoms with van der Waals surface area (Å²) < 4.78 is 6.39. The fourth-order valence-corrected chi connectivity index (χ4v) is 4.47. The first-order valence-electron chi connectivity index (χ1n) is 8.73. The molecule has 0 N–H and O–H groups in total. The van der Waals surface area contributed by atoms with Crippen LogP contribution in [0.3, 0.4) is 0 Å². The minimum atomic E-state index is -0.0705. The zero-order valence-corrected chi connectivity index (χ0v) is 15.2. The minimum Gasteiger partial charge on any atom is -0.484 e. The van der Waals surface area contributed by atoms with Crippen molar-refractivity contribution in [2.75, 3.05) is 0 Å². The average molecular weight is 356 g/mol. The first-order chi connectivity index (χ1) is 12.9. The molecule has 0 unspecified atom stereocenters. The molecular weight excluding hydrogens is 336 g/mol. The molecule has 0 fully saturated rings. The second-order valence-electron chi connectivity index (χ2n) is 6.18. The van der Waals surface area contributed by atoms with Crippen LogP contribution in [-0.2, 0) is 4.74 Å². The Labute approximate surface area is 159 Å². The first kappa shape index (κ1) is 16.7. The van der Waals surface area contributed by atoms with Crippen molar-refractivity contribution in [1.82, 2.24) is 0 Å². The fraction of sp³-hybridized carbons (Fsp3) is 0.0833. The standard InChI is InChI=1S/C24H20OS/c1-2-21-22(18-12-6-3-7-13-18)24(26-20-16-10-5-11-17-20)23(25-21)19-14-8-4-9-15-19/h2-17,21-22H,1H2/t21-,22-/m0/s1. The molecule has 2 heteroatoms. The highest BCUT2D eigenvalue weighted by molar-refractivity contribution is 8.03. The van der Waals surface area contributed by atoms with Crippen LogP contribution in [0.2, 0.25) is 0 Å². The van der Waals surface area contributed by atoms with Gasteiger partial charge < -0.3 is 4.74 Å². The van der Waals surface area contributed by atoms with E-state index in [1.807, 2.05) is 24.3 Å². The zero-order chi connectivity index (χ0) is 17.8. The first-order valence-corrected chi connectivity index (χ1v) is 9.55. The molecule has 1 heterocycles. The highest BCUT2D eigenvalue weighted by atomic mass is 32.2. The monoisotopic (exact) mass is 356 g/mol. The van der Waals surface area contributed by atoms with Gasteiger partial charge in [0.1, 0.15) is 11.9 Å². The Hall–Kier alpha value is -2.71. The summed E-state index contributed by atoms with van der Waals surface area (Å²) in [5.41, 5.74) is 2.36. The van der Waals surface area contributed by atoms with Crippen LogP contribution in [0.25, 0.3) is 5.76 Å². The van der Waals surface area contributed by atoms with Gasteiger partial charge in [-0.1, -0.05) is 103 Å². The summed E-state index contributed by atoms with van der Waals surface area (Å²) in [6.07, 6.45) is 1.85. The number of hydrogen-bond acceptors (Lipinski definition) is 2. The third kappa shape index (κ3) is 3.33. The van der Waals surface area contributed by atoms with Crippen molar-refractivity contribution in [2.45, 2.75) is 16.9 Å². The summed E-state index contributed by atoms with van der Waals surface area (Å²) in [7, 11) is 0. The van der Waals surface area contributed by atoms with E-state index in [0.29, 0.717) is 0 Å². The van der Waals surface area contributed by atoms with E-state index in [9.17, 15) is 0 Å². The molecule has 0 bridgehead atoms. The maximum absolute atomic E-state index is 6.39. The van der Waals surface area contributed by atoms with Gasteiger partial charge in [0.2, 0.25) is 0 Å². The Kier molecular flexibility index (Phi) is 4.94. The summed E-state index contributed by atoms with van der Waals surface area (Å²) in [5, 5.41) is 0. The third-order valence-corrected chi connectivity index (χ3v) is 5.65. The quantitative estimate of drug-likeness (QED) is 0.482. The Balaban J connectivity index is 1.84. The molecule has 1 aliphatic rings. The van der Waals surface area contributed by atoms with Gasteiger partial charge in [0.15, 0.2) is 0 Å². The molecule has 0 saturated heterocycles. The summed E-state index contributed by atoms with van der Waals surface area (Å²) in [4.78, 5) is 2.45. The third-order valence-electron chi connectivity index (χ3n) is 4.49. The van der Waals surface area contributed by atoms with Gasteiger partial charge in [-0.15, -0.1) is 0 Å². The van der Waals surface area contributed by atoms with Crippen LogP contribution < -0.4 is 0 Å². The highest BCUT2D eigenvalue weighted by Crippen LogP contribution is 2.50. The van der Waals surface area contributed by atoms with Crippen molar-refractivity contribution < 1.29 is 4.74 Å². The molecule has 0 aliphatic carbocycles. The molecule has 0 radical (unpaired) electrons. The van der Waals surface area contributed by atoms with Crippen LogP contribution >= 0.6 is 11.8 Å². The Morgan fingerprint density at radius 3 is 1.96 bits per heavy atom. The molecule has 0 spiro atoms. The predicted molar refractivity (Wildman–Crippen MR) is 110 cm³/mol. The van der Waals surface area contributed by atoms with Crippen LogP contribution in [0.15, 0.2) is 113 Å². The molecule has 0 aromatic heterocycles. The van der Waals surface area contributed by atoms with E-state index in [0.717, 1.165) is 11.3 Å². The maximum Gasteiger partial charge on any atom is 0.138 e. The van der Waals surface area contributed by atoms with Crippen LogP contribution in [0.5, 0.6) is 0 Å². The summed E-state index contributed by atoms with van der Waals surface area (Å²) >= 11 is 1.78. The van der Waals surface area contributed by atoms with Gasteiger partial charge in [-0.2, -0.15) is 0 Å². The van der Waals surface area contributed by atoms with E-state index < -0.39 is 0 Å².